The van der Waals surface area contributed by atoms with Gasteiger partial charge in [0, 0.05) is 43.8 Å². The maximum Gasteiger partial charge on any atom is 0.0224 e. The number of nitrogens with zero attached hydrogens (tertiary/aromatic N) is 2. The summed E-state index contributed by atoms with van der Waals surface area (Å²) >= 11 is 0. The maximum atomic E-state index is 3.65. The van der Waals surface area contributed by atoms with Gasteiger partial charge in [0.2, 0.25) is 0 Å². The zero-order valence-corrected chi connectivity index (χ0v) is 12.7. The van der Waals surface area contributed by atoms with Gasteiger partial charge >= 0.3 is 0 Å². The summed E-state index contributed by atoms with van der Waals surface area (Å²) in [5.41, 5.74) is 0. The molecular weight excluding hydrogens is 222 g/mol. The van der Waals surface area contributed by atoms with Gasteiger partial charge in [-0.05, 0) is 46.6 Å². The molecule has 2 rings (SSSR count). The van der Waals surface area contributed by atoms with E-state index < -0.39 is 0 Å². The molecule has 4 unspecified atom stereocenters. The Morgan fingerprint density at radius 3 is 2.78 bits per heavy atom. The van der Waals surface area contributed by atoms with Crippen molar-refractivity contribution in [2.75, 3.05) is 26.2 Å². The Labute approximate surface area is 113 Å². The summed E-state index contributed by atoms with van der Waals surface area (Å²) in [4.78, 5) is 5.43. The van der Waals surface area contributed by atoms with Gasteiger partial charge < -0.3 is 5.32 Å². The van der Waals surface area contributed by atoms with Crippen LogP contribution in [0.2, 0.25) is 0 Å². The number of piperazine rings is 1. The third-order valence-corrected chi connectivity index (χ3v) is 4.93. The summed E-state index contributed by atoms with van der Waals surface area (Å²) in [6.45, 7) is 14.3. The highest BCUT2D eigenvalue weighted by molar-refractivity contribution is 4.92. The molecule has 2 fully saturated rings. The first-order chi connectivity index (χ1) is 8.61. The lowest BCUT2D eigenvalue weighted by molar-refractivity contribution is 0.0325. The van der Waals surface area contributed by atoms with Gasteiger partial charge in [0.15, 0.2) is 0 Å². The molecule has 0 bridgehead atoms. The predicted molar refractivity (Wildman–Crippen MR) is 78.0 cm³/mol. The fraction of sp³-hybridized carbons (Fsp3) is 1.00. The van der Waals surface area contributed by atoms with Crippen LogP contribution >= 0.6 is 0 Å². The van der Waals surface area contributed by atoms with Gasteiger partial charge in [0.1, 0.15) is 0 Å². The summed E-state index contributed by atoms with van der Waals surface area (Å²) in [5, 5.41) is 3.65. The van der Waals surface area contributed by atoms with Crippen molar-refractivity contribution < 1.29 is 0 Å². The highest BCUT2D eigenvalue weighted by Gasteiger charge is 2.35. The van der Waals surface area contributed by atoms with E-state index in [-0.39, 0.29) is 0 Å². The van der Waals surface area contributed by atoms with Crippen LogP contribution in [0.1, 0.15) is 47.0 Å². The van der Waals surface area contributed by atoms with E-state index in [4.69, 9.17) is 0 Å². The second-order valence-corrected chi connectivity index (χ2v) is 6.40. The molecule has 0 amide bonds. The summed E-state index contributed by atoms with van der Waals surface area (Å²) in [6.07, 6.45) is 4.04. The Morgan fingerprint density at radius 2 is 2.06 bits per heavy atom. The number of fused-ring (bicyclic) bond motifs is 1. The molecule has 2 aliphatic heterocycles. The van der Waals surface area contributed by atoms with E-state index in [1.165, 1.54) is 38.9 Å². The average molecular weight is 253 g/mol. The zero-order chi connectivity index (χ0) is 13.1. The number of hydrogen-bond donors (Lipinski definition) is 1. The largest absolute Gasteiger partial charge is 0.313 e. The van der Waals surface area contributed by atoms with Crippen LogP contribution in [-0.4, -0.2) is 60.1 Å². The first-order valence-corrected chi connectivity index (χ1v) is 7.85. The van der Waals surface area contributed by atoms with Gasteiger partial charge in [0.25, 0.3) is 0 Å². The lowest BCUT2D eigenvalue weighted by Crippen LogP contribution is -2.59. The smallest absolute Gasteiger partial charge is 0.0224 e. The lowest BCUT2D eigenvalue weighted by Gasteiger charge is -2.45. The SMILES string of the molecule is CCC(C)NCC(C)N1CC2CCCN2CC1C. The Kier molecular flexibility index (Phi) is 5.05. The fourth-order valence-corrected chi connectivity index (χ4v) is 3.46. The van der Waals surface area contributed by atoms with Gasteiger partial charge in [-0.15, -0.1) is 0 Å². The van der Waals surface area contributed by atoms with Crippen LogP contribution in [0.4, 0.5) is 0 Å². The molecule has 0 aromatic rings. The van der Waals surface area contributed by atoms with Crippen molar-refractivity contribution in [3.05, 3.63) is 0 Å². The van der Waals surface area contributed by atoms with Crippen LogP contribution in [0.15, 0.2) is 0 Å². The summed E-state index contributed by atoms with van der Waals surface area (Å²) in [7, 11) is 0. The van der Waals surface area contributed by atoms with Crippen LogP contribution in [0.3, 0.4) is 0 Å². The number of nitrogens with one attached hydrogen (secondary N) is 1. The quantitative estimate of drug-likeness (QED) is 0.808. The average Bonchev–Trinajstić information content (AvgIpc) is 2.81. The Bertz CT molecular complexity index is 256. The molecule has 0 aromatic heterocycles. The topological polar surface area (TPSA) is 18.5 Å². The van der Waals surface area contributed by atoms with Gasteiger partial charge in [-0.1, -0.05) is 6.92 Å². The monoisotopic (exact) mass is 253 g/mol. The van der Waals surface area contributed by atoms with Crippen molar-refractivity contribution in [3.8, 4) is 0 Å². The Balaban J connectivity index is 1.83. The minimum atomic E-state index is 0.649. The highest BCUT2D eigenvalue weighted by atomic mass is 15.3. The molecule has 0 spiro atoms. The van der Waals surface area contributed by atoms with Crippen molar-refractivity contribution in [2.24, 2.45) is 0 Å². The minimum Gasteiger partial charge on any atom is -0.313 e. The van der Waals surface area contributed by atoms with Gasteiger partial charge in [-0.25, -0.2) is 0 Å². The van der Waals surface area contributed by atoms with Crippen LogP contribution in [0, 0.1) is 0 Å². The highest BCUT2D eigenvalue weighted by Crippen LogP contribution is 2.25. The standard InChI is InChI=1S/C15H31N3/c1-5-12(2)16-9-13(3)18-11-15-7-6-8-17(15)10-14(18)4/h12-16H,5-11H2,1-4H3. The molecule has 18 heavy (non-hydrogen) atoms. The lowest BCUT2D eigenvalue weighted by atomic mass is 10.1. The molecular formula is C15H31N3. The first-order valence-electron chi connectivity index (χ1n) is 7.85. The second-order valence-electron chi connectivity index (χ2n) is 6.40. The van der Waals surface area contributed by atoms with E-state index >= 15 is 0 Å². The zero-order valence-electron chi connectivity index (χ0n) is 12.7. The third kappa shape index (κ3) is 3.25. The van der Waals surface area contributed by atoms with Gasteiger partial charge in [0.05, 0.1) is 0 Å². The molecule has 0 radical (unpaired) electrons. The van der Waals surface area contributed by atoms with E-state index in [2.05, 4.69) is 42.8 Å². The van der Waals surface area contributed by atoms with E-state index in [1.807, 2.05) is 0 Å². The predicted octanol–water partition coefficient (Wildman–Crippen LogP) is 1.93. The molecule has 2 aliphatic rings. The molecule has 0 saturated carbocycles. The molecule has 2 saturated heterocycles. The van der Waals surface area contributed by atoms with E-state index in [1.54, 1.807) is 0 Å². The molecule has 2 heterocycles. The molecule has 1 N–H and O–H groups in total. The summed E-state index contributed by atoms with van der Waals surface area (Å²) < 4.78 is 0. The number of hydrogen-bond acceptors (Lipinski definition) is 3. The minimum absolute atomic E-state index is 0.649. The molecule has 3 heteroatoms. The third-order valence-electron chi connectivity index (χ3n) is 4.93. The van der Waals surface area contributed by atoms with Crippen molar-refractivity contribution in [1.82, 2.24) is 15.1 Å². The van der Waals surface area contributed by atoms with Crippen molar-refractivity contribution >= 4 is 0 Å². The van der Waals surface area contributed by atoms with Crippen LogP contribution in [0.25, 0.3) is 0 Å². The Morgan fingerprint density at radius 1 is 1.28 bits per heavy atom. The van der Waals surface area contributed by atoms with Crippen molar-refractivity contribution in [2.45, 2.75) is 71.1 Å². The van der Waals surface area contributed by atoms with E-state index in [0.717, 1.165) is 12.6 Å². The van der Waals surface area contributed by atoms with Crippen LogP contribution in [-0.2, 0) is 0 Å². The van der Waals surface area contributed by atoms with Crippen LogP contribution < -0.4 is 5.32 Å². The van der Waals surface area contributed by atoms with E-state index in [9.17, 15) is 0 Å². The van der Waals surface area contributed by atoms with Crippen LogP contribution in [0.5, 0.6) is 0 Å². The second kappa shape index (κ2) is 6.36. The molecule has 0 aromatic carbocycles. The first kappa shape index (κ1) is 14.3. The normalized spacial score (nSPS) is 33.3. The summed E-state index contributed by atoms with van der Waals surface area (Å²) in [6, 6.07) is 2.87. The maximum absolute atomic E-state index is 3.65. The molecule has 3 nitrogen and oxygen atoms in total. The molecule has 106 valence electrons. The van der Waals surface area contributed by atoms with Crippen molar-refractivity contribution in [3.63, 3.8) is 0 Å². The van der Waals surface area contributed by atoms with E-state index in [0.29, 0.717) is 18.1 Å². The number of rotatable bonds is 5. The summed E-state index contributed by atoms with van der Waals surface area (Å²) in [5.74, 6) is 0. The Hall–Kier alpha value is -0.120. The van der Waals surface area contributed by atoms with Crippen molar-refractivity contribution in [1.29, 1.82) is 0 Å². The molecule has 0 aliphatic carbocycles. The van der Waals surface area contributed by atoms with Gasteiger partial charge in [-0.3, -0.25) is 9.80 Å². The van der Waals surface area contributed by atoms with Gasteiger partial charge in [-0.2, -0.15) is 0 Å². The fourth-order valence-electron chi connectivity index (χ4n) is 3.46. The molecule has 4 atom stereocenters.